The monoisotopic (exact) mass is 346 g/mol. The van der Waals surface area contributed by atoms with E-state index < -0.39 is 0 Å². The van der Waals surface area contributed by atoms with Gasteiger partial charge in [-0.3, -0.25) is 19.3 Å². The second kappa shape index (κ2) is 8.65. The average molecular weight is 346 g/mol. The van der Waals surface area contributed by atoms with Gasteiger partial charge < -0.3 is 9.64 Å². The van der Waals surface area contributed by atoms with Crippen LogP contribution in [-0.4, -0.2) is 48.7 Å². The molecular formula is C19H26N2O4. The molecule has 0 aromatic heterocycles. The summed E-state index contributed by atoms with van der Waals surface area (Å²) in [7, 11) is 0. The summed E-state index contributed by atoms with van der Waals surface area (Å²) in [5.41, 5.74) is 1.02. The fourth-order valence-corrected chi connectivity index (χ4v) is 2.89. The molecule has 0 radical (unpaired) electrons. The lowest BCUT2D eigenvalue weighted by Gasteiger charge is -2.31. The first kappa shape index (κ1) is 19.0. The quantitative estimate of drug-likeness (QED) is 0.679. The highest BCUT2D eigenvalue weighted by molar-refractivity contribution is 6.04. The number of hydrogen-bond acceptors (Lipinski definition) is 4. The van der Waals surface area contributed by atoms with Crippen molar-refractivity contribution in [3.8, 4) is 5.75 Å². The Bertz CT molecular complexity index is 651. The van der Waals surface area contributed by atoms with Gasteiger partial charge in [0.1, 0.15) is 12.3 Å². The molecule has 2 rings (SSSR count). The highest BCUT2D eigenvalue weighted by Gasteiger charge is 2.29. The van der Waals surface area contributed by atoms with Crippen LogP contribution in [0.25, 0.3) is 0 Å². The van der Waals surface area contributed by atoms with E-state index in [0.717, 1.165) is 12.8 Å². The van der Waals surface area contributed by atoms with E-state index in [1.807, 2.05) is 13.8 Å². The number of ketones is 1. The molecule has 2 amide bonds. The van der Waals surface area contributed by atoms with Crippen LogP contribution in [0.15, 0.2) is 18.2 Å². The minimum atomic E-state index is -0.269. The van der Waals surface area contributed by atoms with Crippen LogP contribution in [0.1, 0.15) is 50.4 Å². The molecule has 0 saturated heterocycles. The molecule has 136 valence electrons. The molecule has 0 atom stereocenters. The Morgan fingerprint density at radius 3 is 2.44 bits per heavy atom. The van der Waals surface area contributed by atoms with Gasteiger partial charge in [-0.15, -0.1) is 0 Å². The van der Waals surface area contributed by atoms with Crippen molar-refractivity contribution in [2.24, 2.45) is 0 Å². The maximum Gasteiger partial charge on any atom is 0.265 e. The Labute approximate surface area is 148 Å². The predicted molar refractivity (Wildman–Crippen MR) is 96.1 cm³/mol. The number of benzene rings is 1. The van der Waals surface area contributed by atoms with Crippen molar-refractivity contribution in [2.75, 3.05) is 31.1 Å². The molecule has 0 saturated carbocycles. The summed E-state index contributed by atoms with van der Waals surface area (Å²) < 4.78 is 5.44. The number of Topliss-reactive ketones (excluding diaryl/α,β-unsaturated/α-hetero) is 1. The molecule has 6 heteroatoms. The molecule has 1 aromatic rings. The zero-order chi connectivity index (χ0) is 18.4. The first-order valence-corrected chi connectivity index (χ1v) is 8.89. The summed E-state index contributed by atoms with van der Waals surface area (Å²) in [6.45, 7) is 7.06. The van der Waals surface area contributed by atoms with Gasteiger partial charge in [0.25, 0.3) is 5.91 Å². The van der Waals surface area contributed by atoms with E-state index in [0.29, 0.717) is 36.5 Å². The summed E-state index contributed by atoms with van der Waals surface area (Å²) in [4.78, 5) is 40.2. The van der Waals surface area contributed by atoms with Crippen LogP contribution in [0.5, 0.6) is 5.75 Å². The number of anilines is 1. The Kier molecular flexibility index (Phi) is 6.56. The van der Waals surface area contributed by atoms with E-state index in [2.05, 4.69) is 0 Å². The summed E-state index contributed by atoms with van der Waals surface area (Å²) in [5, 5.41) is 0. The lowest BCUT2D eigenvalue weighted by atomic mass is 10.1. The van der Waals surface area contributed by atoms with Crippen molar-refractivity contribution in [1.29, 1.82) is 0 Å². The number of carbonyl (C=O) groups is 3. The Hall–Kier alpha value is -2.37. The maximum absolute atomic E-state index is 12.6. The van der Waals surface area contributed by atoms with Gasteiger partial charge in [0, 0.05) is 25.1 Å². The first-order chi connectivity index (χ1) is 12.0. The van der Waals surface area contributed by atoms with Crippen molar-refractivity contribution in [3.05, 3.63) is 23.8 Å². The molecule has 0 fully saturated rings. The van der Waals surface area contributed by atoms with E-state index in [1.165, 1.54) is 4.90 Å². The van der Waals surface area contributed by atoms with Gasteiger partial charge in [-0.2, -0.15) is 0 Å². The minimum Gasteiger partial charge on any atom is -0.482 e. The van der Waals surface area contributed by atoms with Crippen molar-refractivity contribution in [2.45, 2.75) is 40.0 Å². The van der Waals surface area contributed by atoms with Gasteiger partial charge >= 0.3 is 0 Å². The predicted octanol–water partition coefficient (Wildman–Crippen LogP) is 2.65. The molecule has 1 heterocycles. The van der Waals surface area contributed by atoms with Crippen LogP contribution < -0.4 is 9.64 Å². The lowest BCUT2D eigenvalue weighted by molar-refractivity contribution is -0.132. The second-order valence-electron chi connectivity index (χ2n) is 6.11. The molecular weight excluding hydrogens is 320 g/mol. The van der Waals surface area contributed by atoms with Crippen LogP contribution in [0.4, 0.5) is 5.69 Å². The third-order valence-electron chi connectivity index (χ3n) is 4.18. The molecule has 6 nitrogen and oxygen atoms in total. The minimum absolute atomic E-state index is 0.00862. The largest absolute Gasteiger partial charge is 0.482 e. The molecule has 25 heavy (non-hydrogen) atoms. The first-order valence-electron chi connectivity index (χ1n) is 8.89. The summed E-state index contributed by atoms with van der Waals surface area (Å²) in [5.74, 6) is 0.162. The van der Waals surface area contributed by atoms with E-state index in [4.69, 9.17) is 4.74 Å². The number of amides is 2. The molecule has 1 aromatic carbocycles. The number of carbonyl (C=O) groups excluding carboxylic acids is 3. The van der Waals surface area contributed by atoms with E-state index in [1.54, 1.807) is 30.0 Å². The van der Waals surface area contributed by atoms with Crippen LogP contribution in [0.2, 0.25) is 0 Å². The van der Waals surface area contributed by atoms with Gasteiger partial charge in [0.05, 0.1) is 5.69 Å². The number of nitrogens with zero attached hydrogens (tertiary/aromatic N) is 2. The zero-order valence-corrected chi connectivity index (χ0v) is 15.2. The summed E-state index contributed by atoms with van der Waals surface area (Å²) >= 11 is 0. The molecule has 1 aliphatic rings. The smallest absolute Gasteiger partial charge is 0.265 e. The fraction of sp³-hybridized carbons (Fsp3) is 0.526. The van der Waals surface area contributed by atoms with Crippen molar-refractivity contribution in [3.63, 3.8) is 0 Å². The molecule has 0 spiro atoms. The highest BCUT2D eigenvalue weighted by atomic mass is 16.5. The Morgan fingerprint density at radius 2 is 1.84 bits per heavy atom. The summed E-state index contributed by atoms with van der Waals surface area (Å²) in [6.07, 6.45) is 2.12. The molecule has 0 N–H and O–H groups in total. The van der Waals surface area contributed by atoms with E-state index >= 15 is 0 Å². The third-order valence-corrected chi connectivity index (χ3v) is 4.18. The third kappa shape index (κ3) is 4.38. The van der Waals surface area contributed by atoms with Gasteiger partial charge in [0.15, 0.2) is 12.4 Å². The normalized spacial score (nSPS) is 13.2. The van der Waals surface area contributed by atoms with Crippen LogP contribution in [0, 0.1) is 0 Å². The molecule has 0 aliphatic carbocycles. The molecule has 1 aliphatic heterocycles. The maximum atomic E-state index is 12.6. The van der Waals surface area contributed by atoms with Crippen LogP contribution in [0.3, 0.4) is 0 Å². The number of ether oxygens (including phenoxy) is 1. The Balaban J connectivity index is 2.27. The topological polar surface area (TPSA) is 66.9 Å². The highest BCUT2D eigenvalue weighted by Crippen LogP contribution is 2.33. The lowest BCUT2D eigenvalue weighted by Crippen LogP contribution is -2.46. The number of hydrogen-bond donors (Lipinski definition) is 0. The van der Waals surface area contributed by atoms with Gasteiger partial charge in [-0.25, -0.2) is 0 Å². The number of rotatable bonds is 8. The molecule has 0 unspecified atom stereocenters. The van der Waals surface area contributed by atoms with Crippen molar-refractivity contribution < 1.29 is 19.1 Å². The van der Waals surface area contributed by atoms with Crippen molar-refractivity contribution >= 4 is 23.3 Å². The Morgan fingerprint density at radius 1 is 1.16 bits per heavy atom. The zero-order valence-electron chi connectivity index (χ0n) is 15.2. The standard InChI is InChI=1S/C19H26N2O4/c1-4-9-20(10-5-2)18(23)12-21-15-11-14(16(22)6-3)7-8-17(15)25-13-19(21)24/h7-8,11H,4-6,9-10,12-13H2,1-3H3. The summed E-state index contributed by atoms with van der Waals surface area (Å²) in [6, 6.07) is 5.04. The van der Waals surface area contributed by atoms with Crippen molar-refractivity contribution in [1.82, 2.24) is 4.90 Å². The van der Waals surface area contributed by atoms with E-state index in [9.17, 15) is 14.4 Å². The van der Waals surface area contributed by atoms with E-state index in [-0.39, 0.29) is 30.7 Å². The fourth-order valence-electron chi connectivity index (χ4n) is 2.89. The average Bonchev–Trinajstić information content (AvgIpc) is 2.62. The SMILES string of the molecule is CCCN(CCC)C(=O)CN1C(=O)COc2ccc(C(=O)CC)cc21. The van der Waals surface area contributed by atoms with Crippen LogP contribution >= 0.6 is 0 Å². The van der Waals surface area contributed by atoms with Gasteiger partial charge in [-0.05, 0) is 31.0 Å². The molecule has 0 bridgehead atoms. The van der Waals surface area contributed by atoms with Gasteiger partial charge in [0.2, 0.25) is 5.91 Å². The second-order valence-corrected chi connectivity index (χ2v) is 6.11. The van der Waals surface area contributed by atoms with Gasteiger partial charge in [-0.1, -0.05) is 20.8 Å². The number of fused-ring (bicyclic) bond motifs is 1. The van der Waals surface area contributed by atoms with Crippen LogP contribution in [-0.2, 0) is 9.59 Å².